The minimum Gasteiger partial charge on any atom is -0.365 e. The van der Waals surface area contributed by atoms with Crippen molar-refractivity contribution in [1.82, 2.24) is 15.6 Å². The SMILES string of the molecule is CC(C)(CNCC1CNC1)c1ccc[nH]1. The van der Waals surface area contributed by atoms with Gasteiger partial charge in [-0.1, -0.05) is 13.8 Å². The molecule has 0 saturated carbocycles. The van der Waals surface area contributed by atoms with Gasteiger partial charge >= 0.3 is 0 Å². The molecule has 1 aromatic heterocycles. The molecule has 0 aliphatic carbocycles. The fourth-order valence-corrected chi connectivity index (χ4v) is 1.93. The molecule has 15 heavy (non-hydrogen) atoms. The van der Waals surface area contributed by atoms with E-state index >= 15 is 0 Å². The van der Waals surface area contributed by atoms with Gasteiger partial charge in [-0.15, -0.1) is 0 Å². The molecule has 0 radical (unpaired) electrons. The zero-order chi connectivity index (χ0) is 10.7. The van der Waals surface area contributed by atoms with Gasteiger partial charge in [0, 0.05) is 43.5 Å². The van der Waals surface area contributed by atoms with E-state index in [1.165, 1.54) is 18.8 Å². The van der Waals surface area contributed by atoms with E-state index in [1.807, 2.05) is 6.20 Å². The van der Waals surface area contributed by atoms with Crippen molar-refractivity contribution in [1.29, 1.82) is 0 Å². The number of aromatic amines is 1. The van der Waals surface area contributed by atoms with Crippen LogP contribution in [-0.4, -0.2) is 31.2 Å². The molecule has 1 aliphatic heterocycles. The van der Waals surface area contributed by atoms with E-state index in [9.17, 15) is 0 Å². The fraction of sp³-hybridized carbons (Fsp3) is 0.667. The van der Waals surface area contributed by atoms with Gasteiger partial charge in [-0.05, 0) is 18.1 Å². The molecule has 1 fully saturated rings. The van der Waals surface area contributed by atoms with Crippen LogP contribution in [0.2, 0.25) is 0 Å². The van der Waals surface area contributed by atoms with Crippen molar-refractivity contribution in [2.75, 3.05) is 26.2 Å². The molecule has 3 nitrogen and oxygen atoms in total. The number of aromatic nitrogens is 1. The minimum atomic E-state index is 0.195. The number of nitrogens with one attached hydrogen (secondary N) is 3. The lowest BCUT2D eigenvalue weighted by Gasteiger charge is -2.30. The molecule has 3 heteroatoms. The van der Waals surface area contributed by atoms with Crippen molar-refractivity contribution in [2.45, 2.75) is 19.3 Å². The molecule has 1 saturated heterocycles. The Bertz CT molecular complexity index is 286. The van der Waals surface area contributed by atoms with E-state index in [-0.39, 0.29) is 5.41 Å². The molecular formula is C12H21N3. The Balaban J connectivity index is 1.77. The highest BCUT2D eigenvalue weighted by Gasteiger charge is 2.22. The molecule has 2 rings (SSSR count). The summed E-state index contributed by atoms with van der Waals surface area (Å²) in [6, 6.07) is 4.22. The van der Waals surface area contributed by atoms with Crippen LogP contribution in [0, 0.1) is 5.92 Å². The summed E-state index contributed by atoms with van der Waals surface area (Å²) in [5.41, 5.74) is 1.50. The molecule has 0 amide bonds. The topological polar surface area (TPSA) is 39.8 Å². The first kappa shape index (κ1) is 10.7. The van der Waals surface area contributed by atoms with Crippen LogP contribution in [0.5, 0.6) is 0 Å². The second kappa shape index (κ2) is 4.37. The molecular weight excluding hydrogens is 186 g/mol. The quantitative estimate of drug-likeness (QED) is 0.676. The molecule has 0 unspecified atom stereocenters. The summed E-state index contributed by atoms with van der Waals surface area (Å²) in [6.07, 6.45) is 1.99. The maximum atomic E-state index is 3.56. The molecule has 1 aromatic rings. The van der Waals surface area contributed by atoms with Gasteiger partial charge in [-0.2, -0.15) is 0 Å². The number of hydrogen-bond acceptors (Lipinski definition) is 2. The Morgan fingerprint density at radius 2 is 2.27 bits per heavy atom. The highest BCUT2D eigenvalue weighted by molar-refractivity contribution is 5.15. The van der Waals surface area contributed by atoms with Crippen LogP contribution in [0.25, 0.3) is 0 Å². The van der Waals surface area contributed by atoms with Crippen molar-refractivity contribution in [3.05, 3.63) is 24.0 Å². The van der Waals surface area contributed by atoms with E-state index in [2.05, 4.69) is 41.6 Å². The summed E-state index contributed by atoms with van der Waals surface area (Å²) >= 11 is 0. The summed E-state index contributed by atoms with van der Waals surface area (Å²) in [4.78, 5) is 3.29. The number of rotatable bonds is 5. The Hall–Kier alpha value is -0.800. The van der Waals surface area contributed by atoms with Crippen molar-refractivity contribution in [3.63, 3.8) is 0 Å². The molecule has 0 bridgehead atoms. The van der Waals surface area contributed by atoms with Crippen molar-refractivity contribution < 1.29 is 0 Å². The lowest BCUT2D eigenvalue weighted by molar-refractivity contribution is 0.318. The molecule has 0 spiro atoms. The van der Waals surface area contributed by atoms with Gasteiger partial charge in [0.2, 0.25) is 0 Å². The summed E-state index contributed by atoms with van der Waals surface area (Å²) in [6.45, 7) is 9.06. The lowest BCUT2D eigenvalue weighted by atomic mass is 9.89. The van der Waals surface area contributed by atoms with Crippen molar-refractivity contribution in [3.8, 4) is 0 Å². The average molecular weight is 207 g/mol. The zero-order valence-electron chi connectivity index (χ0n) is 9.64. The van der Waals surface area contributed by atoms with Crippen LogP contribution in [0.1, 0.15) is 19.5 Å². The van der Waals surface area contributed by atoms with Gasteiger partial charge in [0.15, 0.2) is 0 Å². The summed E-state index contributed by atoms with van der Waals surface area (Å²) < 4.78 is 0. The summed E-state index contributed by atoms with van der Waals surface area (Å²) in [5.74, 6) is 0.837. The lowest BCUT2D eigenvalue weighted by Crippen LogP contribution is -2.48. The average Bonchev–Trinajstić information content (AvgIpc) is 2.62. The van der Waals surface area contributed by atoms with E-state index in [0.717, 1.165) is 19.0 Å². The third kappa shape index (κ3) is 2.61. The third-order valence-corrected chi connectivity index (χ3v) is 3.19. The number of H-pyrrole nitrogens is 1. The van der Waals surface area contributed by atoms with Crippen LogP contribution in [-0.2, 0) is 5.41 Å². The smallest absolute Gasteiger partial charge is 0.0217 e. The van der Waals surface area contributed by atoms with Crippen LogP contribution in [0.4, 0.5) is 0 Å². The normalized spacial score (nSPS) is 17.7. The highest BCUT2D eigenvalue weighted by atomic mass is 15.0. The summed E-state index contributed by atoms with van der Waals surface area (Å²) in [5, 5.41) is 6.85. The van der Waals surface area contributed by atoms with Gasteiger partial charge in [-0.3, -0.25) is 0 Å². The Kier molecular flexibility index (Phi) is 3.12. The maximum Gasteiger partial charge on any atom is 0.0217 e. The van der Waals surface area contributed by atoms with Crippen LogP contribution in [0.15, 0.2) is 18.3 Å². The van der Waals surface area contributed by atoms with Crippen molar-refractivity contribution in [2.24, 2.45) is 5.92 Å². The molecule has 0 atom stereocenters. The molecule has 84 valence electrons. The first-order valence-electron chi connectivity index (χ1n) is 5.74. The molecule has 2 heterocycles. The van der Waals surface area contributed by atoms with Gasteiger partial charge in [-0.25, -0.2) is 0 Å². The summed E-state index contributed by atoms with van der Waals surface area (Å²) in [7, 11) is 0. The largest absolute Gasteiger partial charge is 0.365 e. The Morgan fingerprint density at radius 3 is 2.80 bits per heavy atom. The Morgan fingerprint density at radius 1 is 1.47 bits per heavy atom. The van der Waals surface area contributed by atoms with E-state index in [0.29, 0.717) is 0 Å². The van der Waals surface area contributed by atoms with E-state index in [4.69, 9.17) is 0 Å². The van der Waals surface area contributed by atoms with Gasteiger partial charge in [0.05, 0.1) is 0 Å². The predicted molar refractivity (Wildman–Crippen MR) is 63.0 cm³/mol. The first-order chi connectivity index (χ1) is 7.18. The van der Waals surface area contributed by atoms with Gasteiger partial charge in [0.25, 0.3) is 0 Å². The van der Waals surface area contributed by atoms with Crippen LogP contribution >= 0.6 is 0 Å². The van der Waals surface area contributed by atoms with Crippen molar-refractivity contribution >= 4 is 0 Å². The maximum absolute atomic E-state index is 3.56. The van der Waals surface area contributed by atoms with Gasteiger partial charge in [0.1, 0.15) is 0 Å². The third-order valence-electron chi connectivity index (χ3n) is 3.19. The van der Waals surface area contributed by atoms with E-state index in [1.54, 1.807) is 0 Å². The predicted octanol–water partition coefficient (Wildman–Crippen LogP) is 1.10. The second-order valence-electron chi connectivity index (χ2n) is 5.12. The molecule has 1 aliphatic rings. The van der Waals surface area contributed by atoms with Crippen LogP contribution in [0.3, 0.4) is 0 Å². The monoisotopic (exact) mass is 207 g/mol. The minimum absolute atomic E-state index is 0.195. The number of hydrogen-bond donors (Lipinski definition) is 3. The van der Waals surface area contributed by atoms with Crippen LogP contribution < -0.4 is 10.6 Å². The molecule has 3 N–H and O–H groups in total. The Labute approximate surface area is 91.7 Å². The van der Waals surface area contributed by atoms with Gasteiger partial charge < -0.3 is 15.6 Å². The second-order valence-corrected chi connectivity index (χ2v) is 5.12. The fourth-order valence-electron chi connectivity index (χ4n) is 1.93. The zero-order valence-corrected chi connectivity index (χ0v) is 9.64. The first-order valence-corrected chi connectivity index (χ1v) is 5.74. The molecule has 0 aromatic carbocycles. The highest BCUT2D eigenvalue weighted by Crippen LogP contribution is 2.20. The van der Waals surface area contributed by atoms with E-state index < -0.39 is 0 Å². The standard InChI is InChI=1S/C12H21N3/c1-12(2,11-4-3-5-15-11)9-14-8-10-6-13-7-10/h3-5,10,13-15H,6-9H2,1-2H3.